The molecule has 5 heteroatoms. The Kier molecular flexibility index (Phi) is 5.68. The Labute approximate surface area is 250 Å². The molecule has 5 aromatic heterocycles. The fourth-order valence-electron chi connectivity index (χ4n) is 6.10. The SMILES string of the molecule is Cc1ccc2c(n1)[se]c1c(-c3cccc(C(C)(C)c4cccc(-n5c6ccccc6c6ccccc65)n4)n3)cccc12. The predicted molar refractivity (Wildman–Crippen MR) is 175 cm³/mol. The van der Waals surface area contributed by atoms with Gasteiger partial charge in [-0.1, -0.05) is 36.4 Å². The Morgan fingerprint density at radius 2 is 1.21 bits per heavy atom. The van der Waals surface area contributed by atoms with Crippen molar-refractivity contribution in [1.82, 2.24) is 19.5 Å². The maximum atomic E-state index is 5.28. The molecule has 0 aliphatic carbocycles. The van der Waals surface area contributed by atoms with Gasteiger partial charge >= 0.3 is 214 Å². The molecule has 202 valence electrons. The third-order valence-corrected chi connectivity index (χ3v) is 10.8. The van der Waals surface area contributed by atoms with Crippen LogP contribution in [0.4, 0.5) is 0 Å². The molecule has 0 fully saturated rings. The van der Waals surface area contributed by atoms with Gasteiger partial charge in [0.05, 0.1) is 0 Å². The Morgan fingerprint density at radius 3 is 1.98 bits per heavy atom. The summed E-state index contributed by atoms with van der Waals surface area (Å²) < 4.78 is 4.86. The topological polar surface area (TPSA) is 43.6 Å². The van der Waals surface area contributed by atoms with Crippen LogP contribution < -0.4 is 0 Å². The summed E-state index contributed by atoms with van der Waals surface area (Å²) in [6, 6.07) is 40.8. The fraction of sp³-hybridized carbons (Fsp3) is 0.108. The first-order valence-electron chi connectivity index (χ1n) is 14.2. The second-order valence-corrected chi connectivity index (χ2v) is 13.5. The molecule has 0 saturated carbocycles. The van der Waals surface area contributed by atoms with Crippen LogP contribution in [0.3, 0.4) is 0 Å². The minimum atomic E-state index is -0.407. The van der Waals surface area contributed by atoms with Gasteiger partial charge in [0.2, 0.25) is 0 Å². The molecule has 4 nitrogen and oxygen atoms in total. The second kappa shape index (κ2) is 9.49. The zero-order valence-corrected chi connectivity index (χ0v) is 25.4. The molecule has 0 saturated heterocycles. The van der Waals surface area contributed by atoms with E-state index in [-0.39, 0.29) is 14.5 Å². The van der Waals surface area contributed by atoms with Crippen molar-refractivity contribution >= 4 is 55.7 Å². The average molecular weight is 608 g/mol. The Hall–Kier alpha value is -4.57. The molecule has 0 aliphatic rings. The fourth-order valence-corrected chi connectivity index (χ4v) is 8.71. The van der Waals surface area contributed by atoms with Gasteiger partial charge in [-0.15, -0.1) is 0 Å². The molecule has 5 heterocycles. The average Bonchev–Trinajstić information content (AvgIpc) is 3.56. The molecule has 0 unspecified atom stereocenters. The zero-order valence-electron chi connectivity index (χ0n) is 23.7. The summed E-state index contributed by atoms with van der Waals surface area (Å²) in [7, 11) is 0. The van der Waals surface area contributed by atoms with Gasteiger partial charge < -0.3 is 0 Å². The number of hydrogen-bond acceptors (Lipinski definition) is 3. The van der Waals surface area contributed by atoms with Gasteiger partial charge in [-0.3, -0.25) is 0 Å². The van der Waals surface area contributed by atoms with E-state index in [9.17, 15) is 0 Å². The van der Waals surface area contributed by atoms with E-state index >= 15 is 0 Å². The first-order chi connectivity index (χ1) is 20.5. The summed E-state index contributed by atoms with van der Waals surface area (Å²) >= 11 is 0.151. The summed E-state index contributed by atoms with van der Waals surface area (Å²) in [5.74, 6) is 0.915. The summed E-state index contributed by atoms with van der Waals surface area (Å²) in [4.78, 5) is 15.4. The van der Waals surface area contributed by atoms with Crippen LogP contribution in [0.5, 0.6) is 0 Å². The molecular formula is C37H28N4Se. The number of aromatic nitrogens is 4. The van der Waals surface area contributed by atoms with Crippen LogP contribution in [0.15, 0.2) is 115 Å². The first kappa shape index (κ1) is 25.2. The Balaban J connectivity index is 1.25. The second-order valence-electron chi connectivity index (χ2n) is 11.4. The monoisotopic (exact) mass is 608 g/mol. The van der Waals surface area contributed by atoms with Crippen LogP contribution in [0.25, 0.3) is 58.3 Å². The van der Waals surface area contributed by atoms with E-state index in [4.69, 9.17) is 15.0 Å². The quantitative estimate of drug-likeness (QED) is 0.188. The number of para-hydroxylation sites is 2. The minimum absolute atomic E-state index is 0.151. The van der Waals surface area contributed by atoms with Crippen molar-refractivity contribution in [2.75, 3.05) is 0 Å². The number of aryl methyl sites for hydroxylation is 1. The van der Waals surface area contributed by atoms with Crippen molar-refractivity contribution in [1.29, 1.82) is 0 Å². The predicted octanol–water partition coefficient (Wildman–Crippen LogP) is 8.63. The molecule has 8 aromatic rings. The molecule has 0 N–H and O–H groups in total. The van der Waals surface area contributed by atoms with Gasteiger partial charge in [-0.05, 0) is 0 Å². The van der Waals surface area contributed by atoms with Crippen molar-refractivity contribution in [2.45, 2.75) is 26.2 Å². The van der Waals surface area contributed by atoms with Crippen molar-refractivity contribution in [3.8, 4) is 17.1 Å². The maximum absolute atomic E-state index is 5.28. The van der Waals surface area contributed by atoms with Gasteiger partial charge in [-0.2, -0.15) is 0 Å². The molecule has 0 spiro atoms. The molecule has 0 bridgehead atoms. The molecule has 0 amide bonds. The summed E-state index contributed by atoms with van der Waals surface area (Å²) in [5, 5.41) is 5.03. The number of rotatable bonds is 4. The standard InChI is InChI=1S/C37H28N4Se/c1-23-21-22-27-26-13-8-14-28(35(26)42-36(27)38-23)29-15-9-18-32(39-29)37(2,3)33-19-10-20-34(40-33)41-30-16-6-4-11-24(30)25-12-5-7-17-31(25)41/h4-22H,1-3H3. The first-order valence-corrected chi connectivity index (χ1v) is 15.9. The molecule has 0 aliphatic heterocycles. The van der Waals surface area contributed by atoms with Crippen molar-refractivity contribution in [3.63, 3.8) is 0 Å². The number of pyridine rings is 3. The number of hydrogen-bond donors (Lipinski definition) is 0. The van der Waals surface area contributed by atoms with E-state index in [0.29, 0.717) is 0 Å². The van der Waals surface area contributed by atoms with E-state index in [0.717, 1.165) is 39.6 Å². The summed E-state index contributed by atoms with van der Waals surface area (Å²) in [6.07, 6.45) is 0. The Morgan fingerprint density at radius 1 is 0.571 bits per heavy atom. The van der Waals surface area contributed by atoms with Crippen molar-refractivity contribution < 1.29 is 0 Å². The molecule has 0 atom stereocenters. The van der Waals surface area contributed by atoms with E-state index < -0.39 is 5.41 Å². The van der Waals surface area contributed by atoms with Crippen molar-refractivity contribution in [2.24, 2.45) is 0 Å². The van der Waals surface area contributed by atoms with Crippen LogP contribution in [0.1, 0.15) is 30.9 Å². The van der Waals surface area contributed by atoms with Crippen molar-refractivity contribution in [3.05, 3.63) is 132 Å². The number of fused-ring (bicyclic) bond motifs is 6. The normalized spacial score (nSPS) is 12.2. The van der Waals surface area contributed by atoms with E-state index in [1.165, 1.54) is 35.8 Å². The van der Waals surface area contributed by atoms with E-state index in [2.05, 4.69) is 141 Å². The zero-order chi connectivity index (χ0) is 28.4. The molecule has 8 rings (SSSR count). The van der Waals surface area contributed by atoms with Crippen LogP contribution in [-0.4, -0.2) is 34.0 Å². The molecule has 3 aromatic carbocycles. The van der Waals surface area contributed by atoms with E-state index in [1.54, 1.807) is 0 Å². The van der Waals surface area contributed by atoms with Gasteiger partial charge in [0.25, 0.3) is 0 Å². The van der Waals surface area contributed by atoms with Crippen LogP contribution in [0.2, 0.25) is 0 Å². The van der Waals surface area contributed by atoms with Crippen LogP contribution >= 0.6 is 0 Å². The molecular weight excluding hydrogens is 579 g/mol. The van der Waals surface area contributed by atoms with Gasteiger partial charge in [0.15, 0.2) is 0 Å². The van der Waals surface area contributed by atoms with Gasteiger partial charge in [0.1, 0.15) is 0 Å². The van der Waals surface area contributed by atoms with Crippen LogP contribution in [0, 0.1) is 6.92 Å². The number of benzene rings is 3. The van der Waals surface area contributed by atoms with Gasteiger partial charge in [0, 0.05) is 0 Å². The molecule has 42 heavy (non-hydrogen) atoms. The van der Waals surface area contributed by atoms with Crippen LogP contribution in [-0.2, 0) is 5.41 Å². The van der Waals surface area contributed by atoms with E-state index in [1.807, 2.05) is 0 Å². The molecule has 0 radical (unpaired) electrons. The summed E-state index contributed by atoms with van der Waals surface area (Å²) in [6.45, 7) is 6.51. The summed E-state index contributed by atoms with van der Waals surface area (Å²) in [5.41, 5.74) is 7.17. The number of nitrogens with zero attached hydrogens (tertiary/aromatic N) is 4. The third-order valence-electron chi connectivity index (χ3n) is 8.35. The van der Waals surface area contributed by atoms with Gasteiger partial charge in [-0.25, -0.2) is 0 Å². The third kappa shape index (κ3) is 3.85. The Bertz CT molecular complexity index is 2250.